The third kappa shape index (κ3) is 3.80. The molecular weight excluding hydrogens is 236 g/mol. The summed E-state index contributed by atoms with van der Waals surface area (Å²) in [5, 5.41) is 7.87. The van der Waals surface area contributed by atoms with Crippen LogP contribution in [0.25, 0.3) is 0 Å². The number of likely N-dealkylation sites (tertiary alicyclic amines) is 1. The third-order valence-electron chi connectivity index (χ3n) is 4.20. The van der Waals surface area contributed by atoms with E-state index in [0.717, 1.165) is 12.5 Å². The molecule has 1 aliphatic rings. The molecular formula is C15H28N4. The van der Waals surface area contributed by atoms with E-state index in [-0.39, 0.29) is 0 Å². The molecule has 0 aliphatic carbocycles. The van der Waals surface area contributed by atoms with Crippen molar-refractivity contribution in [2.24, 2.45) is 13.0 Å². The summed E-state index contributed by atoms with van der Waals surface area (Å²) in [7, 11) is 2.04. The zero-order valence-corrected chi connectivity index (χ0v) is 12.8. The van der Waals surface area contributed by atoms with Crippen molar-refractivity contribution in [2.75, 3.05) is 19.6 Å². The number of piperidine rings is 1. The van der Waals surface area contributed by atoms with Crippen LogP contribution in [0.3, 0.4) is 0 Å². The summed E-state index contributed by atoms with van der Waals surface area (Å²) in [5.41, 5.74) is 1.32. The topological polar surface area (TPSA) is 33.1 Å². The first kappa shape index (κ1) is 14.5. The third-order valence-corrected chi connectivity index (χ3v) is 4.20. The second-order valence-corrected chi connectivity index (χ2v) is 6.12. The van der Waals surface area contributed by atoms with E-state index in [1.54, 1.807) is 0 Å². The lowest BCUT2D eigenvalue weighted by molar-refractivity contribution is 0.125. The second kappa shape index (κ2) is 6.53. The molecule has 2 heterocycles. The molecule has 1 fully saturated rings. The zero-order chi connectivity index (χ0) is 13.8. The molecule has 2 unspecified atom stereocenters. The SMILES string of the molecule is CC(C)NCC1CCCN(C(C)c2ccnn2C)C1. The van der Waals surface area contributed by atoms with Gasteiger partial charge in [0, 0.05) is 31.9 Å². The number of aryl methyl sites for hydroxylation is 1. The van der Waals surface area contributed by atoms with E-state index in [9.17, 15) is 0 Å². The molecule has 19 heavy (non-hydrogen) atoms. The molecule has 0 spiro atoms. The monoisotopic (exact) mass is 264 g/mol. The van der Waals surface area contributed by atoms with Crippen LogP contribution in [0.2, 0.25) is 0 Å². The Hall–Kier alpha value is -0.870. The van der Waals surface area contributed by atoms with E-state index in [0.29, 0.717) is 12.1 Å². The Morgan fingerprint density at radius 1 is 1.42 bits per heavy atom. The van der Waals surface area contributed by atoms with Crippen molar-refractivity contribution >= 4 is 0 Å². The number of hydrogen-bond acceptors (Lipinski definition) is 3. The Balaban J connectivity index is 1.91. The highest BCUT2D eigenvalue weighted by Crippen LogP contribution is 2.25. The molecule has 0 amide bonds. The molecule has 0 radical (unpaired) electrons. The van der Waals surface area contributed by atoms with E-state index in [1.807, 2.05) is 17.9 Å². The van der Waals surface area contributed by atoms with Crippen LogP contribution in [0, 0.1) is 5.92 Å². The number of aromatic nitrogens is 2. The van der Waals surface area contributed by atoms with Crippen LogP contribution in [0.1, 0.15) is 45.3 Å². The van der Waals surface area contributed by atoms with Crippen molar-refractivity contribution in [1.82, 2.24) is 20.0 Å². The fourth-order valence-corrected chi connectivity index (χ4v) is 3.00. The Bertz CT molecular complexity index is 385. The van der Waals surface area contributed by atoms with Gasteiger partial charge in [-0.15, -0.1) is 0 Å². The van der Waals surface area contributed by atoms with Crippen molar-refractivity contribution in [3.63, 3.8) is 0 Å². The molecule has 1 aromatic heterocycles. The molecule has 1 aliphatic heterocycles. The maximum absolute atomic E-state index is 4.29. The summed E-state index contributed by atoms with van der Waals surface area (Å²) in [5.74, 6) is 0.784. The summed E-state index contributed by atoms with van der Waals surface area (Å²) in [6.45, 7) is 10.3. The van der Waals surface area contributed by atoms with Crippen molar-refractivity contribution in [1.29, 1.82) is 0 Å². The molecule has 108 valence electrons. The van der Waals surface area contributed by atoms with Gasteiger partial charge in [-0.25, -0.2) is 0 Å². The van der Waals surface area contributed by atoms with Gasteiger partial charge in [0.15, 0.2) is 0 Å². The molecule has 0 bridgehead atoms. The normalized spacial score (nSPS) is 22.9. The minimum atomic E-state index is 0.467. The van der Waals surface area contributed by atoms with E-state index in [1.165, 1.54) is 31.6 Å². The predicted octanol–water partition coefficient (Wildman–Crippen LogP) is 2.19. The van der Waals surface area contributed by atoms with Crippen molar-refractivity contribution in [3.05, 3.63) is 18.0 Å². The van der Waals surface area contributed by atoms with Crippen molar-refractivity contribution < 1.29 is 0 Å². The van der Waals surface area contributed by atoms with Gasteiger partial charge in [0.1, 0.15) is 0 Å². The van der Waals surface area contributed by atoms with Crippen LogP contribution in [-0.4, -0.2) is 40.4 Å². The van der Waals surface area contributed by atoms with E-state index < -0.39 is 0 Å². The van der Waals surface area contributed by atoms with Crippen LogP contribution >= 0.6 is 0 Å². The summed E-state index contributed by atoms with van der Waals surface area (Å²) < 4.78 is 2.00. The molecule has 1 aromatic rings. The van der Waals surface area contributed by atoms with E-state index >= 15 is 0 Å². The quantitative estimate of drug-likeness (QED) is 0.885. The first-order chi connectivity index (χ1) is 9.08. The van der Waals surface area contributed by atoms with Gasteiger partial charge >= 0.3 is 0 Å². The highest BCUT2D eigenvalue weighted by Gasteiger charge is 2.25. The van der Waals surface area contributed by atoms with Crippen LogP contribution in [0.15, 0.2) is 12.3 Å². The first-order valence-corrected chi connectivity index (χ1v) is 7.53. The van der Waals surface area contributed by atoms with Crippen molar-refractivity contribution in [3.8, 4) is 0 Å². The van der Waals surface area contributed by atoms with Gasteiger partial charge in [0.2, 0.25) is 0 Å². The highest BCUT2D eigenvalue weighted by molar-refractivity contribution is 5.06. The largest absolute Gasteiger partial charge is 0.314 e. The lowest BCUT2D eigenvalue weighted by Crippen LogP contribution is -2.42. The summed E-state index contributed by atoms with van der Waals surface area (Å²) in [4.78, 5) is 2.60. The van der Waals surface area contributed by atoms with Gasteiger partial charge < -0.3 is 5.32 Å². The van der Waals surface area contributed by atoms with Crippen LogP contribution in [0.4, 0.5) is 0 Å². The van der Waals surface area contributed by atoms with Crippen LogP contribution in [0.5, 0.6) is 0 Å². The first-order valence-electron chi connectivity index (χ1n) is 7.53. The van der Waals surface area contributed by atoms with Crippen LogP contribution < -0.4 is 5.32 Å². The fourth-order valence-electron chi connectivity index (χ4n) is 3.00. The zero-order valence-electron chi connectivity index (χ0n) is 12.8. The molecule has 4 heteroatoms. The molecule has 0 saturated carbocycles. The fraction of sp³-hybridized carbons (Fsp3) is 0.800. The maximum Gasteiger partial charge on any atom is 0.0549 e. The van der Waals surface area contributed by atoms with E-state index in [4.69, 9.17) is 0 Å². The minimum absolute atomic E-state index is 0.467. The second-order valence-electron chi connectivity index (χ2n) is 6.12. The Labute approximate surface area is 117 Å². The van der Waals surface area contributed by atoms with E-state index in [2.05, 4.69) is 42.2 Å². The predicted molar refractivity (Wildman–Crippen MR) is 79.1 cm³/mol. The molecule has 2 atom stereocenters. The van der Waals surface area contributed by atoms with Gasteiger partial charge in [-0.3, -0.25) is 9.58 Å². The number of hydrogen-bond donors (Lipinski definition) is 1. The molecule has 0 aromatic carbocycles. The lowest BCUT2D eigenvalue weighted by atomic mass is 9.96. The number of nitrogens with one attached hydrogen (secondary N) is 1. The lowest BCUT2D eigenvalue weighted by Gasteiger charge is -2.37. The Morgan fingerprint density at radius 2 is 2.21 bits per heavy atom. The van der Waals surface area contributed by atoms with Crippen LogP contribution in [-0.2, 0) is 7.05 Å². The number of rotatable bonds is 5. The van der Waals surface area contributed by atoms with Crippen molar-refractivity contribution in [2.45, 2.75) is 45.7 Å². The summed E-state index contributed by atoms with van der Waals surface area (Å²) >= 11 is 0. The van der Waals surface area contributed by atoms with Gasteiger partial charge in [0.25, 0.3) is 0 Å². The Kier molecular flexibility index (Phi) is 4.99. The highest BCUT2D eigenvalue weighted by atomic mass is 15.3. The average molecular weight is 264 g/mol. The van der Waals surface area contributed by atoms with Gasteiger partial charge in [-0.1, -0.05) is 13.8 Å². The van der Waals surface area contributed by atoms with Gasteiger partial charge in [0.05, 0.1) is 5.69 Å². The standard InChI is InChI=1S/C15H28N4/c1-12(2)16-10-14-6-5-9-19(11-14)13(3)15-7-8-17-18(15)4/h7-8,12-14,16H,5-6,9-11H2,1-4H3. The molecule has 1 N–H and O–H groups in total. The molecule has 4 nitrogen and oxygen atoms in total. The van der Waals surface area contributed by atoms with Gasteiger partial charge in [-0.2, -0.15) is 5.10 Å². The molecule has 2 rings (SSSR count). The summed E-state index contributed by atoms with van der Waals surface area (Å²) in [6.07, 6.45) is 4.56. The Morgan fingerprint density at radius 3 is 2.84 bits per heavy atom. The smallest absolute Gasteiger partial charge is 0.0549 e. The summed E-state index contributed by atoms with van der Waals surface area (Å²) in [6, 6.07) is 3.19. The average Bonchev–Trinajstić information content (AvgIpc) is 2.82. The van der Waals surface area contributed by atoms with Gasteiger partial charge in [-0.05, 0) is 44.8 Å². The molecule has 1 saturated heterocycles. The maximum atomic E-state index is 4.29. The number of nitrogens with zero attached hydrogens (tertiary/aromatic N) is 3. The minimum Gasteiger partial charge on any atom is -0.314 e.